The average molecular weight is 364 g/mol. The van der Waals surface area contributed by atoms with E-state index in [2.05, 4.69) is 15.5 Å². The van der Waals surface area contributed by atoms with Crippen LogP contribution in [-0.4, -0.2) is 22.9 Å². The number of halogens is 1. The summed E-state index contributed by atoms with van der Waals surface area (Å²) in [5.41, 5.74) is 0.936. The number of ether oxygens (including phenoxy) is 2. The first-order valence-corrected chi connectivity index (χ1v) is 8.14. The SMILES string of the molecule is O=C(Nc1nnc(Cc2ccc3c(c2)OCO3)o1)c1ccc(Cl)s1. The number of hydrogen-bond donors (Lipinski definition) is 1. The molecule has 0 spiro atoms. The first-order valence-electron chi connectivity index (χ1n) is 6.95. The van der Waals surface area contributed by atoms with Crippen LogP contribution in [0.25, 0.3) is 0 Å². The lowest BCUT2D eigenvalue weighted by Crippen LogP contribution is -2.10. The summed E-state index contributed by atoms with van der Waals surface area (Å²) in [4.78, 5) is 12.5. The third-order valence-corrected chi connectivity index (χ3v) is 4.51. The van der Waals surface area contributed by atoms with Crippen molar-refractivity contribution in [2.75, 3.05) is 12.1 Å². The molecular formula is C15H10ClN3O4S. The van der Waals surface area contributed by atoms with Crippen LogP contribution in [0, 0.1) is 0 Å². The van der Waals surface area contributed by atoms with Gasteiger partial charge in [0.2, 0.25) is 12.7 Å². The maximum atomic E-state index is 12.0. The predicted octanol–water partition coefficient (Wildman–Crippen LogP) is 3.36. The minimum Gasteiger partial charge on any atom is -0.454 e. The van der Waals surface area contributed by atoms with Gasteiger partial charge in [-0.3, -0.25) is 10.1 Å². The molecule has 3 aromatic rings. The van der Waals surface area contributed by atoms with E-state index in [1.54, 1.807) is 12.1 Å². The molecule has 122 valence electrons. The average Bonchev–Trinajstić information content (AvgIpc) is 3.28. The molecule has 0 saturated carbocycles. The lowest BCUT2D eigenvalue weighted by atomic mass is 10.1. The van der Waals surface area contributed by atoms with Gasteiger partial charge in [-0.25, -0.2) is 0 Å². The van der Waals surface area contributed by atoms with Gasteiger partial charge >= 0.3 is 6.01 Å². The highest BCUT2D eigenvalue weighted by atomic mass is 35.5. The van der Waals surface area contributed by atoms with Crippen molar-refractivity contribution in [2.45, 2.75) is 6.42 Å². The molecule has 24 heavy (non-hydrogen) atoms. The van der Waals surface area contributed by atoms with E-state index in [4.69, 9.17) is 25.5 Å². The zero-order chi connectivity index (χ0) is 16.5. The topological polar surface area (TPSA) is 86.5 Å². The summed E-state index contributed by atoms with van der Waals surface area (Å²) in [6.07, 6.45) is 0.421. The van der Waals surface area contributed by atoms with E-state index in [0.29, 0.717) is 33.0 Å². The molecule has 0 unspecified atom stereocenters. The van der Waals surface area contributed by atoms with Crippen LogP contribution in [-0.2, 0) is 6.42 Å². The molecule has 7 nitrogen and oxygen atoms in total. The number of aromatic nitrogens is 2. The summed E-state index contributed by atoms with van der Waals surface area (Å²) in [5, 5.41) is 10.3. The Balaban J connectivity index is 1.44. The molecule has 4 rings (SSSR count). The summed E-state index contributed by atoms with van der Waals surface area (Å²) < 4.78 is 16.6. The zero-order valence-corrected chi connectivity index (χ0v) is 13.7. The quantitative estimate of drug-likeness (QED) is 0.764. The molecule has 1 N–H and O–H groups in total. The Morgan fingerprint density at radius 3 is 2.92 bits per heavy atom. The summed E-state index contributed by atoms with van der Waals surface area (Å²) >= 11 is 6.98. The molecule has 9 heteroatoms. The summed E-state index contributed by atoms with van der Waals surface area (Å²) in [5.74, 6) is 1.44. The molecule has 0 bridgehead atoms. The van der Waals surface area contributed by atoms with Crippen molar-refractivity contribution >= 4 is 34.9 Å². The third kappa shape index (κ3) is 3.06. The van der Waals surface area contributed by atoms with Gasteiger partial charge in [-0.05, 0) is 29.8 Å². The number of nitrogens with zero attached hydrogens (tertiary/aromatic N) is 2. The van der Waals surface area contributed by atoms with Gasteiger partial charge in [0.15, 0.2) is 11.5 Å². The number of amides is 1. The molecule has 0 fully saturated rings. The van der Waals surface area contributed by atoms with Crippen molar-refractivity contribution in [2.24, 2.45) is 0 Å². The molecule has 3 heterocycles. The number of benzene rings is 1. The minimum atomic E-state index is -0.342. The molecule has 1 aromatic carbocycles. The van der Waals surface area contributed by atoms with Crippen molar-refractivity contribution in [3.63, 3.8) is 0 Å². The van der Waals surface area contributed by atoms with Crippen molar-refractivity contribution < 1.29 is 18.7 Å². The molecular weight excluding hydrogens is 354 g/mol. The number of carbonyl (C=O) groups is 1. The van der Waals surface area contributed by atoms with Crippen molar-refractivity contribution in [3.8, 4) is 11.5 Å². The third-order valence-electron chi connectivity index (χ3n) is 3.28. The number of rotatable bonds is 4. The van der Waals surface area contributed by atoms with Crippen molar-refractivity contribution in [3.05, 3.63) is 51.0 Å². The highest BCUT2D eigenvalue weighted by Crippen LogP contribution is 2.33. The monoisotopic (exact) mass is 363 g/mol. The van der Waals surface area contributed by atoms with Crippen molar-refractivity contribution in [1.82, 2.24) is 10.2 Å². The Bertz CT molecular complexity index is 908. The van der Waals surface area contributed by atoms with E-state index in [0.717, 1.165) is 5.56 Å². The molecule has 2 aromatic heterocycles. The normalized spacial score (nSPS) is 12.4. The zero-order valence-electron chi connectivity index (χ0n) is 12.1. The lowest BCUT2D eigenvalue weighted by molar-refractivity contribution is 0.102. The Morgan fingerprint density at radius 2 is 2.08 bits per heavy atom. The van der Waals surface area contributed by atoms with Gasteiger partial charge < -0.3 is 13.9 Å². The Kier molecular flexibility index (Phi) is 3.83. The highest BCUT2D eigenvalue weighted by molar-refractivity contribution is 7.18. The van der Waals surface area contributed by atoms with Gasteiger partial charge in [0.1, 0.15) is 0 Å². The van der Waals surface area contributed by atoms with Crippen LogP contribution in [0.3, 0.4) is 0 Å². The van der Waals surface area contributed by atoms with Crippen LogP contribution >= 0.6 is 22.9 Å². The number of hydrogen-bond acceptors (Lipinski definition) is 7. The van der Waals surface area contributed by atoms with E-state index in [1.807, 2.05) is 18.2 Å². The Labute approximate surface area is 145 Å². The van der Waals surface area contributed by atoms with Gasteiger partial charge in [0.25, 0.3) is 5.91 Å². The number of thiophene rings is 1. The van der Waals surface area contributed by atoms with Crippen LogP contribution in [0.4, 0.5) is 6.01 Å². The van der Waals surface area contributed by atoms with Crippen LogP contribution in [0.5, 0.6) is 11.5 Å². The number of carbonyl (C=O) groups excluding carboxylic acids is 1. The molecule has 0 radical (unpaired) electrons. The number of nitrogens with one attached hydrogen (secondary N) is 1. The lowest BCUT2D eigenvalue weighted by Gasteiger charge is -2.00. The fourth-order valence-corrected chi connectivity index (χ4v) is 3.13. The minimum absolute atomic E-state index is 0.0419. The number of fused-ring (bicyclic) bond motifs is 1. The van der Waals surface area contributed by atoms with Gasteiger partial charge in [-0.15, -0.1) is 16.4 Å². The number of anilines is 1. The van der Waals surface area contributed by atoms with Crippen LogP contribution in [0.2, 0.25) is 4.34 Å². The second kappa shape index (κ2) is 6.14. The van der Waals surface area contributed by atoms with Crippen molar-refractivity contribution in [1.29, 1.82) is 0 Å². The molecule has 0 saturated heterocycles. The standard InChI is InChI=1S/C15H10ClN3O4S/c16-12-4-3-11(24-12)14(20)17-15-19-18-13(23-15)6-8-1-2-9-10(5-8)22-7-21-9/h1-5H,6-7H2,(H,17,19,20). The summed E-state index contributed by atoms with van der Waals surface area (Å²) in [7, 11) is 0. The van der Waals surface area contributed by atoms with Gasteiger partial charge in [0, 0.05) is 0 Å². The maximum absolute atomic E-state index is 12.0. The summed E-state index contributed by atoms with van der Waals surface area (Å²) in [6.45, 7) is 0.224. The van der Waals surface area contributed by atoms with E-state index >= 15 is 0 Å². The summed E-state index contributed by atoms with van der Waals surface area (Å²) in [6, 6.07) is 8.91. The van der Waals surface area contributed by atoms with E-state index < -0.39 is 0 Å². The van der Waals surface area contributed by atoms with Gasteiger partial charge in [-0.1, -0.05) is 22.8 Å². The van der Waals surface area contributed by atoms with E-state index in [-0.39, 0.29) is 18.7 Å². The highest BCUT2D eigenvalue weighted by Gasteiger charge is 2.16. The first kappa shape index (κ1) is 15.0. The molecule has 1 aliphatic heterocycles. The second-order valence-electron chi connectivity index (χ2n) is 4.92. The Morgan fingerprint density at radius 1 is 1.21 bits per heavy atom. The fraction of sp³-hybridized carbons (Fsp3) is 0.133. The Hall–Kier alpha value is -2.58. The first-order chi connectivity index (χ1) is 11.7. The molecule has 1 amide bonds. The fourth-order valence-electron chi connectivity index (χ4n) is 2.20. The largest absolute Gasteiger partial charge is 0.454 e. The second-order valence-corrected chi connectivity index (χ2v) is 6.64. The van der Waals surface area contributed by atoms with Gasteiger partial charge in [0.05, 0.1) is 15.6 Å². The van der Waals surface area contributed by atoms with Crippen LogP contribution in [0.1, 0.15) is 21.1 Å². The van der Waals surface area contributed by atoms with Crippen LogP contribution < -0.4 is 14.8 Å². The van der Waals surface area contributed by atoms with Gasteiger partial charge in [-0.2, -0.15) is 0 Å². The molecule has 0 aliphatic carbocycles. The maximum Gasteiger partial charge on any atom is 0.322 e. The van der Waals surface area contributed by atoms with Crippen LogP contribution in [0.15, 0.2) is 34.7 Å². The van der Waals surface area contributed by atoms with E-state index in [9.17, 15) is 4.79 Å². The smallest absolute Gasteiger partial charge is 0.322 e. The van der Waals surface area contributed by atoms with E-state index in [1.165, 1.54) is 11.3 Å². The molecule has 1 aliphatic rings. The predicted molar refractivity (Wildman–Crippen MR) is 87.0 cm³/mol. The molecule has 0 atom stereocenters.